The molecule has 1 fully saturated rings. The molecule has 0 radical (unpaired) electrons. The van der Waals surface area contributed by atoms with Gasteiger partial charge in [-0.2, -0.15) is 0 Å². The Morgan fingerprint density at radius 3 is 2.58 bits per heavy atom. The lowest BCUT2D eigenvalue weighted by atomic mass is 10.1. The maximum absolute atomic E-state index is 13.0. The average Bonchev–Trinajstić information content (AvgIpc) is 3.05. The second-order valence-electron chi connectivity index (χ2n) is 6.42. The van der Waals surface area contributed by atoms with Gasteiger partial charge in [0.1, 0.15) is 0 Å². The van der Waals surface area contributed by atoms with Crippen LogP contribution in [0.25, 0.3) is 6.08 Å². The minimum atomic E-state index is -0.576. The van der Waals surface area contributed by atoms with Gasteiger partial charge in [0, 0.05) is 12.1 Å². The van der Waals surface area contributed by atoms with Crippen molar-refractivity contribution in [1.29, 1.82) is 0 Å². The molecular formula is C21H17ClN2O7S2. The molecule has 0 saturated carbocycles. The molecule has 0 bridgehead atoms. The summed E-state index contributed by atoms with van der Waals surface area (Å²) in [6.45, 7) is 1.75. The van der Waals surface area contributed by atoms with Crippen LogP contribution in [0.1, 0.15) is 12.5 Å². The molecule has 1 amide bonds. The Labute approximate surface area is 203 Å². The van der Waals surface area contributed by atoms with Crippen LogP contribution >= 0.6 is 35.6 Å². The van der Waals surface area contributed by atoms with Crippen LogP contribution in [0, 0.1) is 10.1 Å². The van der Waals surface area contributed by atoms with Gasteiger partial charge >= 0.3 is 5.97 Å². The standard InChI is InChI=1S/C21H17ClN2O7S2/c1-3-30-16-9-12(8-15(22)19(16)31-11-18(25)29-2)10-17-20(26)23(21(32)33-17)13-4-6-14(7-5-13)24(27)28/h4-10H,3,11H2,1-2H3/b17-10+. The number of amides is 1. The lowest BCUT2D eigenvalue weighted by Crippen LogP contribution is -2.27. The SMILES string of the molecule is CCOc1cc(/C=C2/SC(=S)N(c3ccc([N+](=O)[O-])cc3)C2=O)cc(Cl)c1OCC(=O)OC. The number of hydrogen-bond acceptors (Lipinski definition) is 9. The van der Waals surface area contributed by atoms with Gasteiger partial charge in [0.2, 0.25) is 0 Å². The first-order chi connectivity index (χ1) is 15.7. The molecule has 0 aromatic heterocycles. The second-order valence-corrected chi connectivity index (χ2v) is 8.50. The highest BCUT2D eigenvalue weighted by Crippen LogP contribution is 2.40. The van der Waals surface area contributed by atoms with Crippen molar-refractivity contribution in [3.05, 3.63) is 62.0 Å². The molecule has 1 aliphatic rings. The fourth-order valence-corrected chi connectivity index (χ4v) is 4.40. The zero-order valence-corrected chi connectivity index (χ0v) is 19.8. The van der Waals surface area contributed by atoms with Crippen molar-refractivity contribution >= 4 is 69.2 Å². The highest BCUT2D eigenvalue weighted by molar-refractivity contribution is 8.27. The Balaban J connectivity index is 1.89. The van der Waals surface area contributed by atoms with Crippen molar-refractivity contribution in [2.24, 2.45) is 0 Å². The Hall–Kier alpha value is -3.15. The van der Waals surface area contributed by atoms with E-state index in [0.717, 1.165) is 11.8 Å². The van der Waals surface area contributed by atoms with Crippen LogP contribution in [0.5, 0.6) is 11.5 Å². The van der Waals surface area contributed by atoms with E-state index in [2.05, 4.69) is 4.74 Å². The second kappa shape index (κ2) is 10.6. The highest BCUT2D eigenvalue weighted by atomic mass is 35.5. The summed E-state index contributed by atoms with van der Waals surface area (Å²) in [7, 11) is 1.24. The van der Waals surface area contributed by atoms with Gasteiger partial charge in [-0.05, 0) is 42.8 Å². The molecule has 9 nitrogen and oxygen atoms in total. The minimum absolute atomic E-state index is 0.0904. The molecule has 0 unspecified atom stereocenters. The van der Waals surface area contributed by atoms with Gasteiger partial charge in [0.15, 0.2) is 22.4 Å². The normalized spacial score (nSPS) is 14.5. The molecule has 33 heavy (non-hydrogen) atoms. The van der Waals surface area contributed by atoms with Crippen molar-refractivity contribution in [1.82, 2.24) is 0 Å². The van der Waals surface area contributed by atoms with Crippen molar-refractivity contribution in [2.45, 2.75) is 6.92 Å². The number of carbonyl (C=O) groups is 2. The molecular weight excluding hydrogens is 492 g/mol. The van der Waals surface area contributed by atoms with Crippen molar-refractivity contribution < 1.29 is 28.7 Å². The van der Waals surface area contributed by atoms with Gasteiger partial charge in [-0.15, -0.1) is 0 Å². The number of nitro groups is 1. The summed E-state index contributed by atoms with van der Waals surface area (Å²) < 4.78 is 15.9. The quantitative estimate of drug-likeness (QED) is 0.166. The number of halogens is 1. The zero-order valence-electron chi connectivity index (χ0n) is 17.4. The number of rotatable bonds is 8. The minimum Gasteiger partial charge on any atom is -0.490 e. The molecule has 1 aliphatic heterocycles. The highest BCUT2D eigenvalue weighted by Gasteiger charge is 2.33. The van der Waals surface area contributed by atoms with Crippen LogP contribution in [0.15, 0.2) is 41.3 Å². The summed E-state index contributed by atoms with van der Waals surface area (Å²) in [5.74, 6) is -0.475. The van der Waals surface area contributed by atoms with Crippen LogP contribution in [-0.2, 0) is 14.3 Å². The zero-order chi connectivity index (χ0) is 24.1. The summed E-state index contributed by atoms with van der Waals surface area (Å²) >= 11 is 12.8. The van der Waals surface area contributed by atoms with E-state index in [1.54, 1.807) is 25.1 Å². The lowest BCUT2D eigenvalue weighted by molar-refractivity contribution is -0.384. The van der Waals surface area contributed by atoms with Crippen LogP contribution in [0.4, 0.5) is 11.4 Å². The van der Waals surface area contributed by atoms with E-state index in [9.17, 15) is 19.7 Å². The third-order valence-corrected chi connectivity index (χ3v) is 5.89. The van der Waals surface area contributed by atoms with E-state index in [1.807, 2.05) is 0 Å². The monoisotopic (exact) mass is 508 g/mol. The molecule has 2 aromatic carbocycles. The number of methoxy groups -OCH3 is 1. The largest absolute Gasteiger partial charge is 0.490 e. The van der Waals surface area contributed by atoms with E-state index in [-0.39, 0.29) is 33.3 Å². The van der Waals surface area contributed by atoms with E-state index in [4.69, 9.17) is 33.3 Å². The summed E-state index contributed by atoms with van der Waals surface area (Å²) in [6, 6.07) is 8.72. The van der Waals surface area contributed by atoms with E-state index in [1.165, 1.54) is 36.3 Å². The summed E-state index contributed by atoms with van der Waals surface area (Å²) in [6.07, 6.45) is 1.60. The van der Waals surface area contributed by atoms with Crippen LogP contribution in [0.2, 0.25) is 5.02 Å². The number of nitro benzene ring substituents is 1. The van der Waals surface area contributed by atoms with E-state index >= 15 is 0 Å². The average molecular weight is 509 g/mol. The predicted octanol–water partition coefficient (Wildman–Crippen LogP) is 4.60. The van der Waals surface area contributed by atoms with Crippen molar-refractivity contribution in [3.63, 3.8) is 0 Å². The number of anilines is 1. The molecule has 0 N–H and O–H groups in total. The topological polar surface area (TPSA) is 108 Å². The van der Waals surface area contributed by atoms with Crippen LogP contribution in [0.3, 0.4) is 0 Å². The first-order valence-electron chi connectivity index (χ1n) is 9.43. The summed E-state index contributed by atoms with van der Waals surface area (Å²) in [4.78, 5) is 36.4. The molecule has 2 aromatic rings. The maximum atomic E-state index is 13.0. The number of benzene rings is 2. The number of hydrogen-bond donors (Lipinski definition) is 0. The molecule has 172 valence electrons. The smallest absolute Gasteiger partial charge is 0.343 e. The molecule has 0 aliphatic carbocycles. The molecule has 1 heterocycles. The summed E-state index contributed by atoms with van der Waals surface area (Å²) in [5, 5.41) is 11.0. The number of ether oxygens (including phenoxy) is 3. The first kappa shape index (κ1) is 24.5. The Morgan fingerprint density at radius 2 is 1.97 bits per heavy atom. The summed E-state index contributed by atoms with van der Waals surface area (Å²) in [5.41, 5.74) is 0.886. The number of nitrogens with zero attached hydrogens (tertiary/aromatic N) is 2. The van der Waals surface area contributed by atoms with Gasteiger partial charge in [-0.3, -0.25) is 19.8 Å². The van der Waals surface area contributed by atoms with Crippen molar-refractivity contribution in [2.75, 3.05) is 25.2 Å². The Kier molecular flexibility index (Phi) is 7.90. The fraction of sp³-hybridized carbons (Fsp3) is 0.190. The number of esters is 1. The van der Waals surface area contributed by atoms with Crippen LogP contribution in [-0.4, -0.2) is 41.4 Å². The molecule has 3 rings (SSSR count). The van der Waals surface area contributed by atoms with Gasteiger partial charge in [-0.25, -0.2) is 4.79 Å². The third-order valence-electron chi connectivity index (χ3n) is 4.30. The van der Waals surface area contributed by atoms with E-state index in [0.29, 0.717) is 28.5 Å². The molecule has 1 saturated heterocycles. The third kappa shape index (κ3) is 5.62. The maximum Gasteiger partial charge on any atom is 0.343 e. The van der Waals surface area contributed by atoms with Gasteiger partial charge in [0.25, 0.3) is 11.6 Å². The number of non-ortho nitro benzene ring substituents is 1. The first-order valence-corrected chi connectivity index (χ1v) is 11.0. The fourth-order valence-electron chi connectivity index (χ4n) is 2.83. The molecule has 12 heteroatoms. The Morgan fingerprint density at radius 1 is 1.27 bits per heavy atom. The molecule has 0 spiro atoms. The van der Waals surface area contributed by atoms with Gasteiger partial charge in [0.05, 0.1) is 34.3 Å². The van der Waals surface area contributed by atoms with Gasteiger partial charge in [-0.1, -0.05) is 35.6 Å². The lowest BCUT2D eigenvalue weighted by Gasteiger charge is -2.14. The predicted molar refractivity (Wildman–Crippen MR) is 129 cm³/mol. The van der Waals surface area contributed by atoms with Crippen molar-refractivity contribution in [3.8, 4) is 11.5 Å². The number of thioether (sulfide) groups is 1. The number of thiocarbonyl (C=S) groups is 1. The number of carbonyl (C=O) groups excluding carboxylic acids is 2. The van der Waals surface area contributed by atoms with Crippen LogP contribution < -0.4 is 14.4 Å². The molecule has 0 atom stereocenters. The van der Waals surface area contributed by atoms with E-state index < -0.39 is 10.9 Å². The van der Waals surface area contributed by atoms with Gasteiger partial charge < -0.3 is 14.2 Å². The Bertz CT molecular complexity index is 1150.